The Balaban J connectivity index is 2.94. The summed E-state index contributed by atoms with van der Waals surface area (Å²) in [6.45, 7) is 0. The second kappa shape index (κ2) is 1.78. The zero-order valence-corrected chi connectivity index (χ0v) is 5.47. The third kappa shape index (κ3) is 0.672. The van der Waals surface area contributed by atoms with Crippen LogP contribution in [0.1, 0.15) is 0 Å². The van der Waals surface area contributed by atoms with Crippen LogP contribution in [0.25, 0.3) is 11.2 Å². The lowest BCUT2D eigenvalue weighted by Crippen LogP contribution is -2.08. The third-order valence-electron chi connectivity index (χ3n) is 1.30. The number of nitrogens with two attached hydrogens (primary N) is 2. The highest BCUT2D eigenvalue weighted by Crippen LogP contribution is 2.09. The second-order valence-electron chi connectivity index (χ2n) is 2.00. The highest BCUT2D eigenvalue weighted by atomic mass is 15.4. The minimum atomic E-state index is 0.235. The van der Waals surface area contributed by atoms with Gasteiger partial charge in [-0.25, -0.2) is 9.66 Å². The molecule has 7 nitrogen and oxygen atoms in total. The van der Waals surface area contributed by atoms with Crippen LogP contribution in [-0.4, -0.2) is 25.1 Å². The molecule has 0 aliphatic heterocycles. The molecule has 0 amide bonds. The smallest absolute Gasteiger partial charge is 0.206 e. The molecule has 4 N–H and O–H groups in total. The van der Waals surface area contributed by atoms with E-state index in [1.807, 2.05) is 0 Å². The maximum atomic E-state index is 5.42. The molecule has 0 saturated carbocycles. The number of anilines is 1. The van der Waals surface area contributed by atoms with E-state index in [9.17, 15) is 0 Å². The molecule has 0 radical (unpaired) electrons. The quantitative estimate of drug-likeness (QED) is 0.444. The number of hydrogen-bond acceptors (Lipinski definition) is 6. The van der Waals surface area contributed by atoms with Gasteiger partial charge < -0.3 is 11.6 Å². The van der Waals surface area contributed by atoms with Gasteiger partial charge in [0.25, 0.3) is 0 Å². The molecular formula is C4H5N7. The van der Waals surface area contributed by atoms with E-state index in [1.165, 1.54) is 11.0 Å². The first-order chi connectivity index (χ1) is 5.29. The summed E-state index contributed by atoms with van der Waals surface area (Å²) >= 11 is 0. The molecule has 2 rings (SSSR count). The van der Waals surface area contributed by atoms with E-state index in [0.29, 0.717) is 11.2 Å². The highest BCUT2D eigenvalue weighted by Gasteiger charge is 2.05. The standard InChI is InChI=1S/C4H5N7/c5-3-2-4(9-10-8-3)11(6)1-7-2/h1H,6H2,(H2,5,8,9). The molecule has 0 saturated heterocycles. The Hall–Kier alpha value is -1.92. The first kappa shape index (κ1) is 5.83. The Morgan fingerprint density at radius 2 is 2.18 bits per heavy atom. The highest BCUT2D eigenvalue weighted by molar-refractivity contribution is 5.80. The summed E-state index contributed by atoms with van der Waals surface area (Å²) in [5.74, 6) is 5.65. The fourth-order valence-corrected chi connectivity index (χ4v) is 0.795. The summed E-state index contributed by atoms with van der Waals surface area (Å²) in [7, 11) is 0. The Morgan fingerprint density at radius 3 is 2.91 bits per heavy atom. The molecule has 0 atom stereocenters. The molecule has 56 valence electrons. The lowest BCUT2D eigenvalue weighted by atomic mass is 10.5. The molecule has 7 heteroatoms. The number of nitrogen functional groups attached to an aromatic ring is 2. The topological polar surface area (TPSA) is 109 Å². The minimum absolute atomic E-state index is 0.235. The van der Waals surface area contributed by atoms with E-state index in [1.54, 1.807) is 0 Å². The zero-order valence-electron chi connectivity index (χ0n) is 5.47. The van der Waals surface area contributed by atoms with Crippen LogP contribution < -0.4 is 11.6 Å². The van der Waals surface area contributed by atoms with Crippen molar-refractivity contribution in [2.45, 2.75) is 0 Å². The van der Waals surface area contributed by atoms with E-state index >= 15 is 0 Å². The van der Waals surface area contributed by atoms with Crippen molar-refractivity contribution in [3.63, 3.8) is 0 Å². The molecule has 0 bridgehead atoms. The molecule has 2 aromatic rings. The van der Waals surface area contributed by atoms with Crippen molar-refractivity contribution >= 4 is 17.0 Å². The second-order valence-corrected chi connectivity index (χ2v) is 2.00. The van der Waals surface area contributed by atoms with Crippen LogP contribution in [0.5, 0.6) is 0 Å². The van der Waals surface area contributed by atoms with E-state index < -0.39 is 0 Å². The Morgan fingerprint density at radius 1 is 1.36 bits per heavy atom. The molecule has 0 fully saturated rings. The molecule has 0 aliphatic rings. The van der Waals surface area contributed by atoms with Gasteiger partial charge in [0.1, 0.15) is 6.33 Å². The molecule has 2 aromatic heterocycles. The molecule has 0 aromatic carbocycles. The van der Waals surface area contributed by atoms with Crippen LogP contribution in [-0.2, 0) is 0 Å². The SMILES string of the molecule is Nc1nnnc2c1ncn2N. The number of fused-ring (bicyclic) bond motifs is 1. The van der Waals surface area contributed by atoms with Gasteiger partial charge in [0.05, 0.1) is 0 Å². The van der Waals surface area contributed by atoms with Crippen LogP contribution in [0, 0.1) is 0 Å². The molecule has 11 heavy (non-hydrogen) atoms. The van der Waals surface area contributed by atoms with Crippen molar-refractivity contribution in [3.8, 4) is 0 Å². The molecular weight excluding hydrogens is 146 g/mol. The maximum Gasteiger partial charge on any atom is 0.206 e. The van der Waals surface area contributed by atoms with Crippen molar-refractivity contribution < 1.29 is 0 Å². The lowest BCUT2D eigenvalue weighted by Gasteiger charge is -1.91. The predicted molar refractivity (Wildman–Crippen MR) is 37.7 cm³/mol. The van der Waals surface area contributed by atoms with Crippen molar-refractivity contribution in [2.24, 2.45) is 0 Å². The van der Waals surface area contributed by atoms with Gasteiger partial charge in [-0.3, -0.25) is 0 Å². The molecule has 0 spiro atoms. The molecule has 0 unspecified atom stereocenters. The van der Waals surface area contributed by atoms with Gasteiger partial charge in [0, 0.05) is 0 Å². The maximum absolute atomic E-state index is 5.42. The normalized spacial score (nSPS) is 10.5. The Kier molecular flexibility index (Phi) is 0.945. The Bertz CT molecular complexity index is 390. The van der Waals surface area contributed by atoms with Gasteiger partial charge in [0.2, 0.25) is 5.65 Å². The van der Waals surface area contributed by atoms with Crippen molar-refractivity contribution in [1.82, 2.24) is 25.1 Å². The first-order valence-corrected chi connectivity index (χ1v) is 2.86. The number of aromatic nitrogens is 5. The number of hydrogen-bond donors (Lipinski definition) is 2. The van der Waals surface area contributed by atoms with Gasteiger partial charge in [-0.1, -0.05) is 0 Å². The molecule has 2 heterocycles. The average molecular weight is 151 g/mol. The van der Waals surface area contributed by atoms with Crippen LogP contribution in [0.15, 0.2) is 6.33 Å². The van der Waals surface area contributed by atoms with Gasteiger partial charge in [-0.15, -0.1) is 10.2 Å². The monoisotopic (exact) mass is 151 g/mol. The van der Waals surface area contributed by atoms with E-state index in [0.717, 1.165) is 0 Å². The van der Waals surface area contributed by atoms with Crippen molar-refractivity contribution in [2.75, 3.05) is 11.6 Å². The van der Waals surface area contributed by atoms with Crippen LogP contribution in [0.3, 0.4) is 0 Å². The molecule has 0 aliphatic carbocycles. The summed E-state index contributed by atoms with van der Waals surface area (Å²) in [6.07, 6.45) is 1.40. The number of imidazole rings is 1. The van der Waals surface area contributed by atoms with Crippen LogP contribution >= 0.6 is 0 Å². The van der Waals surface area contributed by atoms with E-state index in [2.05, 4.69) is 20.4 Å². The van der Waals surface area contributed by atoms with Crippen LogP contribution in [0.4, 0.5) is 5.82 Å². The van der Waals surface area contributed by atoms with Gasteiger partial charge >= 0.3 is 0 Å². The minimum Gasteiger partial charge on any atom is -0.380 e. The summed E-state index contributed by atoms with van der Waals surface area (Å²) < 4.78 is 1.24. The average Bonchev–Trinajstić information content (AvgIpc) is 2.35. The predicted octanol–water partition coefficient (Wildman–Crippen LogP) is -1.48. The zero-order chi connectivity index (χ0) is 7.84. The lowest BCUT2D eigenvalue weighted by molar-refractivity contribution is 0.875. The summed E-state index contributed by atoms with van der Waals surface area (Å²) in [5.41, 5.74) is 6.33. The van der Waals surface area contributed by atoms with Crippen LogP contribution in [0.2, 0.25) is 0 Å². The van der Waals surface area contributed by atoms with E-state index in [-0.39, 0.29) is 5.82 Å². The number of nitrogens with zero attached hydrogens (tertiary/aromatic N) is 5. The Labute approximate surface area is 61.0 Å². The van der Waals surface area contributed by atoms with Gasteiger partial charge in [-0.2, -0.15) is 0 Å². The first-order valence-electron chi connectivity index (χ1n) is 2.86. The summed E-state index contributed by atoms with van der Waals surface area (Å²) in [5, 5.41) is 10.5. The number of rotatable bonds is 0. The fourth-order valence-electron chi connectivity index (χ4n) is 0.795. The van der Waals surface area contributed by atoms with E-state index in [4.69, 9.17) is 11.6 Å². The summed E-state index contributed by atoms with van der Waals surface area (Å²) in [4.78, 5) is 3.87. The fraction of sp³-hybridized carbons (Fsp3) is 0. The van der Waals surface area contributed by atoms with Crippen molar-refractivity contribution in [1.29, 1.82) is 0 Å². The van der Waals surface area contributed by atoms with Gasteiger partial charge in [0.15, 0.2) is 11.3 Å². The largest absolute Gasteiger partial charge is 0.380 e. The van der Waals surface area contributed by atoms with Gasteiger partial charge in [-0.05, 0) is 5.21 Å². The third-order valence-corrected chi connectivity index (χ3v) is 1.30. The van der Waals surface area contributed by atoms with Crippen molar-refractivity contribution in [3.05, 3.63) is 6.33 Å². The summed E-state index contributed by atoms with van der Waals surface area (Å²) in [6, 6.07) is 0.